The monoisotopic (exact) mass is 473 g/mol. The van der Waals surface area contributed by atoms with Gasteiger partial charge in [0, 0.05) is 61.5 Å². The number of halogens is 2. The molecular formula is C25H29Cl2N3O2. The Kier molecular flexibility index (Phi) is 6.99. The van der Waals surface area contributed by atoms with E-state index >= 15 is 0 Å². The van der Waals surface area contributed by atoms with Gasteiger partial charge in [0.05, 0.1) is 17.2 Å². The van der Waals surface area contributed by atoms with E-state index in [-0.39, 0.29) is 5.92 Å². The quantitative estimate of drug-likeness (QED) is 0.413. The average Bonchev–Trinajstić information content (AvgIpc) is 3.18. The molecule has 32 heavy (non-hydrogen) atoms. The van der Waals surface area contributed by atoms with Crippen molar-refractivity contribution in [3.8, 4) is 17.0 Å². The minimum atomic E-state index is 0.216. The lowest BCUT2D eigenvalue weighted by atomic mass is 10.00. The maximum absolute atomic E-state index is 6.50. The van der Waals surface area contributed by atoms with E-state index in [0.717, 1.165) is 61.1 Å². The topological polar surface area (TPSA) is 41.7 Å². The van der Waals surface area contributed by atoms with E-state index in [0.29, 0.717) is 10.0 Å². The first-order valence-corrected chi connectivity index (χ1v) is 11.7. The van der Waals surface area contributed by atoms with Crippen LogP contribution in [0.4, 0.5) is 5.69 Å². The first kappa shape index (κ1) is 23.0. The molecule has 0 bridgehead atoms. The highest BCUT2D eigenvalue weighted by Crippen LogP contribution is 2.39. The van der Waals surface area contributed by atoms with Crippen molar-refractivity contribution in [3.63, 3.8) is 0 Å². The van der Waals surface area contributed by atoms with Crippen LogP contribution in [0.1, 0.15) is 36.7 Å². The molecular weight excluding hydrogens is 445 g/mol. The Labute approximate surface area is 199 Å². The molecule has 4 rings (SSSR count). The summed E-state index contributed by atoms with van der Waals surface area (Å²) in [6.07, 6.45) is 0. The predicted octanol–water partition coefficient (Wildman–Crippen LogP) is 6.41. The van der Waals surface area contributed by atoms with Gasteiger partial charge in [0.2, 0.25) is 0 Å². The van der Waals surface area contributed by atoms with E-state index < -0.39 is 0 Å². The largest absolute Gasteiger partial charge is 0.497 e. The summed E-state index contributed by atoms with van der Waals surface area (Å²) in [7, 11) is 1.71. The number of hydrogen-bond donors (Lipinski definition) is 0. The van der Waals surface area contributed by atoms with Gasteiger partial charge in [-0.25, -0.2) is 0 Å². The van der Waals surface area contributed by atoms with Gasteiger partial charge in [-0.2, -0.15) is 0 Å². The van der Waals surface area contributed by atoms with E-state index in [1.807, 2.05) is 24.3 Å². The van der Waals surface area contributed by atoms with Crippen LogP contribution in [-0.2, 0) is 6.54 Å². The number of benzene rings is 2. The summed E-state index contributed by atoms with van der Waals surface area (Å²) in [6, 6.07) is 11.8. The fourth-order valence-corrected chi connectivity index (χ4v) is 4.85. The van der Waals surface area contributed by atoms with Gasteiger partial charge in [-0.05, 0) is 30.7 Å². The first-order valence-electron chi connectivity index (χ1n) is 10.9. The summed E-state index contributed by atoms with van der Waals surface area (Å²) in [6.45, 7) is 10.9. The summed E-state index contributed by atoms with van der Waals surface area (Å²) in [5.41, 5.74) is 5.06. The second kappa shape index (κ2) is 9.74. The number of nitrogens with zero attached hydrogens (tertiary/aromatic N) is 3. The lowest BCUT2D eigenvalue weighted by Gasteiger charge is -2.37. The highest BCUT2D eigenvalue weighted by molar-refractivity contribution is 6.39. The number of methoxy groups -OCH3 is 1. The molecule has 1 fully saturated rings. The molecule has 1 aliphatic heterocycles. The Morgan fingerprint density at radius 1 is 1.06 bits per heavy atom. The number of aryl methyl sites for hydroxylation is 1. The van der Waals surface area contributed by atoms with Crippen molar-refractivity contribution in [3.05, 3.63) is 63.3 Å². The van der Waals surface area contributed by atoms with Crippen molar-refractivity contribution < 1.29 is 9.26 Å². The van der Waals surface area contributed by atoms with E-state index in [2.05, 4.69) is 47.9 Å². The predicted molar refractivity (Wildman–Crippen MR) is 131 cm³/mol. The van der Waals surface area contributed by atoms with Crippen molar-refractivity contribution in [2.24, 2.45) is 0 Å². The molecule has 170 valence electrons. The van der Waals surface area contributed by atoms with Crippen LogP contribution in [-0.4, -0.2) is 43.3 Å². The van der Waals surface area contributed by atoms with Crippen LogP contribution >= 0.6 is 23.2 Å². The SMILES string of the molecule is COc1ccc(C)c(N2CCN(Cc3c(-c4c(Cl)cccc4Cl)noc3C(C)C)CC2)c1. The average molecular weight is 474 g/mol. The van der Waals surface area contributed by atoms with E-state index in [1.54, 1.807) is 7.11 Å². The third-order valence-corrected chi connectivity index (χ3v) is 6.68. The molecule has 1 aliphatic rings. The zero-order valence-electron chi connectivity index (χ0n) is 19.0. The normalized spacial score (nSPS) is 14.9. The van der Waals surface area contributed by atoms with Crippen molar-refractivity contribution in [2.45, 2.75) is 33.2 Å². The third-order valence-electron chi connectivity index (χ3n) is 6.05. The smallest absolute Gasteiger partial charge is 0.144 e. The molecule has 0 N–H and O–H groups in total. The lowest BCUT2D eigenvalue weighted by Crippen LogP contribution is -2.46. The molecule has 1 saturated heterocycles. The van der Waals surface area contributed by atoms with Gasteiger partial charge in [0.1, 0.15) is 17.2 Å². The van der Waals surface area contributed by atoms with Crippen molar-refractivity contribution in [1.29, 1.82) is 0 Å². The molecule has 2 aromatic carbocycles. The van der Waals surface area contributed by atoms with E-state index in [1.165, 1.54) is 11.3 Å². The zero-order chi connectivity index (χ0) is 22.8. The van der Waals surface area contributed by atoms with Crippen LogP contribution in [0.2, 0.25) is 10.0 Å². The van der Waals surface area contributed by atoms with Gasteiger partial charge in [-0.1, -0.05) is 54.3 Å². The molecule has 7 heteroatoms. The van der Waals surface area contributed by atoms with Gasteiger partial charge in [-0.3, -0.25) is 4.90 Å². The van der Waals surface area contributed by atoms with Gasteiger partial charge in [-0.15, -0.1) is 0 Å². The van der Waals surface area contributed by atoms with Gasteiger partial charge in [0.25, 0.3) is 0 Å². The summed E-state index contributed by atoms with van der Waals surface area (Å²) < 4.78 is 11.2. The molecule has 3 aromatic rings. The Morgan fingerprint density at radius 2 is 1.75 bits per heavy atom. The standard InChI is InChI=1S/C25H29Cl2N3O2/c1-16(2)25-19(24(28-32-25)23-20(26)6-5-7-21(23)27)15-29-10-12-30(13-11-29)22-14-18(31-4)9-8-17(22)3/h5-9,14,16H,10-13,15H2,1-4H3. The summed E-state index contributed by atoms with van der Waals surface area (Å²) >= 11 is 13.0. The van der Waals surface area contributed by atoms with Gasteiger partial charge >= 0.3 is 0 Å². The molecule has 2 heterocycles. The molecule has 0 radical (unpaired) electrons. The number of piperazine rings is 1. The van der Waals surface area contributed by atoms with Crippen LogP contribution in [0.15, 0.2) is 40.9 Å². The highest BCUT2D eigenvalue weighted by Gasteiger charge is 2.27. The number of hydrogen-bond acceptors (Lipinski definition) is 5. The van der Waals surface area contributed by atoms with Crippen LogP contribution in [0.25, 0.3) is 11.3 Å². The molecule has 0 amide bonds. The molecule has 0 saturated carbocycles. The maximum Gasteiger partial charge on any atom is 0.144 e. The number of anilines is 1. The molecule has 0 unspecified atom stereocenters. The minimum Gasteiger partial charge on any atom is -0.497 e. The lowest BCUT2D eigenvalue weighted by molar-refractivity contribution is 0.247. The first-order chi connectivity index (χ1) is 15.4. The van der Waals surface area contributed by atoms with Gasteiger partial charge < -0.3 is 14.2 Å². The van der Waals surface area contributed by atoms with Crippen LogP contribution in [0, 0.1) is 6.92 Å². The summed E-state index contributed by atoms with van der Waals surface area (Å²) in [4.78, 5) is 4.87. The summed E-state index contributed by atoms with van der Waals surface area (Å²) in [5, 5.41) is 5.56. The zero-order valence-corrected chi connectivity index (χ0v) is 20.5. The van der Waals surface area contributed by atoms with Crippen LogP contribution in [0.3, 0.4) is 0 Å². The fraction of sp³-hybridized carbons (Fsp3) is 0.400. The molecule has 5 nitrogen and oxygen atoms in total. The summed E-state index contributed by atoms with van der Waals surface area (Å²) in [5.74, 6) is 2.00. The Balaban J connectivity index is 1.55. The van der Waals surface area contributed by atoms with Gasteiger partial charge in [0.15, 0.2) is 0 Å². The second-order valence-electron chi connectivity index (χ2n) is 8.54. The molecule has 0 spiro atoms. The Morgan fingerprint density at radius 3 is 2.38 bits per heavy atom. The molecule has 0 aliphatic carbocycles. The van der Waals surface area contributed by atoms with Crippen molar-refractivity contribution in [1.82, 2.24) is 10.1 Å². The Bertz CT molecular complexity index is 1070. The number of rotatable bonds is 6. The van der Waals surface area contributed by atoms with Crippen molar-refractivity contribution >= 4 is 28.9 Å². The van der Waals surface area contributed by atoms with E-state index in [4.69, 9.17) is 32.5 Å². The van der Waals surface area contributed by atoms with E-state index in [9.17, 15) is 0 Å². The maximum atomic E-state index is 6.50. The minimum absolute atomic E-state index is 0.216. The molecule has 1 aromatic heterocycles. The second-order valence-corrected chi connectivity index (χ2v) is 9.36. The fourth-order valence-electron chi connectivity index (χ4n) is 4.28. The highest BCUT2D eigenvalue weighted by atomic mass is 35.5. The van der Waals surface area contributed by atoms with Crippen LogP contribution in [0.5, 0.6) is 5.75 Å². The molecule has 0 atom stereocenters. The third kappa shape index (κ3) is 4.61. The number of ether oxygens (including phenoxy) is 1. The Hall–Kier alpha value is -2.21. The van der Waals surface area contributed by atoms with Crippen molar-refractivity contribution in [2.75, 3.05) is 38.2 Å². The number of aromatic nitrogens is 1. The van der Waals surface area contributed by atoms with Crippen LogP contribution < -0.4 is 9.64 Å².